The Morgan fingerprint density at radius 1 is 1.20 bits per heavy atom. The van der Waals surface area contributed by atoms with E-state index in [0.29, 0.717) is 12.5 Å². The summed E-state index contributed by atoms with van der Waals surface area (Å²) in [6.07, 6.45) is 4.56. The molecule has 5 heteroatoms. The lowest BCUT2D eigenvalue weighted by Crippen LogP contribution is -2.22. The molecule has 0 spiro atoms. The number of aryl methyl sites for hydroxylation is 1. The van der Waals surface area contributed by atoms with Gasteiger partial charge in [0.1, 0.15) is 0 Å². The van der Waals surface area contributed by atoms with Gasteiger partial charge in [0.2, 0.25) is 0 Å². The number of halogens is 1. The molecule has 0 saturated heterocycles. The van der Waals surface area contributed by atoms with Crippen LogP contribution < -0.4 is 11.1 Å². The second kappa shape index (κ2) is 8.52. The molecule has 2 aromatic rings. The zero-order valence-electron chi connectivity index (χ0n) is 11.4. The van der Waals surface area contributed by atoms with Crippen LogP contribution in [0.5, 0.6) is 0 Å². The maximum Gasteiger partial charge on any atom is 0.193 e. The monoisotopic (exact) mass is 382 g/mol. The van der Waals surface area contributed by atoms with E-state index in [9.17, 15) is 0 Å². The molecule has 0 atom stereocenters. The summed E-state index contributed by atoms with van der Waals surface area (Å²) in [5.41, 5.74) is 9.13. The van der Waals surface area contributed by atoms with Crippen LogP contribution in [0, 0.1) is 0 Å². The van der Waals surface area contributed by atoms with Crippen LogP contribution in [-0.2, 0) is 13.0 Å². The van der Waals surface area contributed by atoms with E-state index >= 15 is 0 Å². The summed E-state index contributed by atoms with van der Waals surface area (Å²) in [5, 5.41) is 3.07. The summed E-state index contributed by atoms with van der Waals surface area (Å²) in [5.74, 6) is 0.410. The van der Waals surface area contributed by atoms with Crippen molar-refractivity contribution in [1.82, 2.24) is 4.98 Å². The molecule has 0 amide bonds. The molecule has 0 fully saturated rings. The fraction of sp³-hybridized carbons (Fsp3) is 0.200. The number of aromatic nitrogens is 1. The summed E-state index contributed by atoms with van der Waals surface area (Å²) >= 11 is 0. The molecule has 0 bridgehead atoms. The number of guanidine groups is 1. The van der Waals surface area contributed by atoms with E-state index < -0.39 is 0 Å². The lowest BCUT2D eigenvalue weighted by Gasteiger charge is -2.06. The van der Waals surface area contributed by atoms with E-state index in [1.54, 1.807) is 12.4 Å². The first-order valence-corrected chi connectivity index (χ1v) is 6.32. The van der Waals surface area contributed by atoms with Gasteiger partial charge in [-0.15, -0.1) is 24.0 Å². The van der Waals surface area contributed by atoms with Gasteiger partial charge in [-0.3, -0.25) is 4.98 Å². The number of nitrogens with two attached hydrogens (primary N) is 1. The Labute approximate surface area is 136 Å². The van der Waals surface area contributed by atoms with Crippen LogP contribution in [-0.4, -0.2) is 10.9 Å². The highest BCUT2D eigenvalue weighted by atomic mass is 127. The predicted octanol–water partition coefficient (Wildman–Crippen LogP) is 3.19. The molecule has 0 saturated carbocycles. The van der Waals surface area contributed by atoms with Crippen molar-refractivity contribution in [3.05, 3.63) is 59.9 Å². The molecule has 4 nitrogen and oxygen atoms in total. The molecule has 1 aromatic heterocycles. The predicted molar refractivity (Wildman–Crippen MR) is 94.4 cm³/mol. The van der Waals surface area contributed by atoms with Gasteiger partial charge in [-0.2, -0.15) is 0 Å². The molecule has 0 aliphatic rings. The van der Waals surface area contributed by atoms with Crippen molar-refractivity contribution in [2.24, 2.45) is 10.7 Å². The third-order valence-corrected chi connectivity index (χ3v) is 2.79. The Bertz CT molecular complexity index is 538. The Morgan fingerprint density at radius 3 is 2.55 bits per heavy atom. The third kappa shape index (κ3) is 5.16. The molecule has 1 aromatic carbocycles. The van der Waals surface area contributed by atoms with Crippen molar-refractivity contribution in [2.45, 2.75) is 19.9 Å². The maximum absolute atomic E-state index is 5.84. The quantitative estimate of drug-likeness (QED) is 0.485. The van der Waals surface area contributed by atoms with Crippen molar-refractivity contribution < 1.29 is 0 Å². The third-order valence-electron chi connectivity index (χ3n) is 2.79. The number of benzene rings is 1. The zero-order chi connectivity index (χ0) is 13.5. The molecule has 1 heterocycles. The molecule has 2 rings (SSSR count). The van der Waals surface area contributed by atoms with Crippen LogP contribution >= 0.6 is 24.0 Å². The topological polar surface area (TPSA) is 63.3 Å². The van der Waals surface area contributed by atoms with E-state index in [-0.39, 0.29) is 24.0 Å². The zero-order valence-corrected chi connectivity index (χ0v) is 13.7. The first-order valence-electron chi connectivity index (χ1n) is 6.32. The van der Waals surface area contributed by atoms with Gasteiger partial charge in [0.05, 0.1) is 6.54 Å². The lowest BCUT2D eigenvalue weighted by atomic mass is 10.1. The summed E-state index contributed by atoms with van der Waals surface area (Å²) in [6.45, 7) is 2.66. The lowest BCUT2D eigenvalue weighted by molar-refractivity contribution is 1.04. The molecule has 0 unspecified atom stereocenters. The Hall–Kier alpha value is -1.63. The van der Waals surface area contributed by atoms with Crippen LogP contribution in [0.25, 0.3) is 0 Å². The van der Waals surface area contributed by atoms with Crippen molar-refractivity contribution in [1.29, 1.82) is 0 Å². The van der Waals surface area contributed by atoms with Gasteiger partial charge in [-0.05, 0) is 35.7 Å². The van der Waals surface area contributed by atoms with Gasteiger partial charge < -0.3 is 11.1 Å². The number of nitrogens with one attached hydrogen (secondary N) is 1. The number of anilines is 1. The molecule has 106 valence electrons. The Morgan fingerprint density at radius 2 is 1.95 bits per heavy atom. The van der Waals surface area contributed by atoms with E-state index in [0.717, 1.165) is 17.7 Å². The second-order valence-corrected chi connectivity index (χ2v) is 4.24. The average molecular weight is 382 g/mol. The fourth-order valence-electron chi connectivity index (χ4n) is 1.68. The van der Waals surface area contributed by atoms with Crippen molar-refractivity contribution in [3.8, 4) is 0 Å². The highest BCUT2D eigenvalue weighted by Gasteiger charge is 1.96. The van der Waals surface area contributed by atoms with Crippen molar-refractivity contribution in [2.75, 3.05) is 5.32 Å². The number of nitrogens with zero attached hydrogens (tertiary/aromatic N) is 2. The highest BCUT2D eigenvalue weighted by Crippen LogP contribution is 2.09. The van der Waals surface area contributed by atoms with Crippen molar-refractivity contribution in [3.63, 3.8) is 0 Å². The van der Waals surface area contributed by atoms with Crippen LogP contribution in [0.1, 0.15) is 18.1 Å². The smallest absolute Gasteiger partial charge is 0.193 e. The largest absolute Gasteiger partial charge is 0.370 e. The van der Waals surface area contributed by atoms with Gasteiger partial charge in [0.15, 0.2) is 5.96 Å². The molecular formula is C15H19IN4. The minimum atomic E-state index is 0. The Balaban J connectivity index is 0.00000200. The van der Waals surface area contributed by atoms with E-state index in [4.69, 9.17) is 5.73 Å². The summed E-state index contributed by atoms with van der Waals surface area (Å²) in [7, 11) is 0. The van der Waals surface area contributed by atoms with Crippen LogP contribution in [0.4, 0.5) is 5.69 Å². The maximum atomic E-state index is 5.84. The SMILES string of the molecule is CCc1ccc(NC(N)=NCc2cccnc2)cc1.I. The fourth-order valence-corrected chi connectivity index (χ4v) is 1.68. The summed E-state index contributed by atoms with van der Waals surface area (Å²) in [4.78, 5) is 8.31. The Kier molecular flexibility index (Phi) is 7.00. The van der Waals surface area contributed by atoms with Crippen molar-refractivity contribution >= 4 is 35.6 Å². The molecule has 0 radical (unpaired) electrons. The van der Waals surface area contributed by atoms with Gasteiger partial charge in [0, 0.05) is 18.1 Å². The van der Waals surface area contributed by atoms with E-state index in [1.807, 2.05) is 24.3 Å². The number of hydrogen-bond donors (Lipinski definition) is 2. The molecule has 0 aliphatic carbocycles. The summed E-state index contributed by atoms with van der Waals surface area (Å²) in [6, 6.07) is 12.0. The minimum absolute atomic E-state index is 0. The van der Waals surface area contributed by atoms with Crippen LogP contribution in [0.15, 0.2) is 53.8 Å². The normalized spacial score (nSPS) is 10.8. The second-order valence-electron chi connectivity index (χ2n) is 4.24. The van der Waals surface area contributed by atoms with Crippen LogP contribution in [0.3, 0.4) is 0 Å². The number of rotatable bonds is 4. The number of pyridine rings is 1. The molecular weight excluding hydrogens is 363 g/mol. The number of aliphatic imine (C=N–C) groups is 1. The van der Waals surface area contributed by atoms with Crippen LogP contribution in [0.2, 0.25) is 0 Å². The van der Waals surface area contributed by atoms with Gasteiger partial charge in [-0.1, -0.05) is 25.1 Å². The average Bonchev–Trinajstić information content (AvgIpc) is 2.47. The highest BCUT2D eigenvalue weighted by molar-refractivity contribution is 14.0. The van der Waals surface area contributed by atoms with E-state index in [1.165, 1.54) is 5.56 Å². The van der Waals surface area contributed by atoms with Gasteiger partial charge in [-0.25, -0.2) is 4.99 Å². The molecule has 20 heavy (non-hydrogen) atoms. The first-order chi connectivity index (χ1) is 9.28. The van der Waals surface area contributed by atoms with Gasteiger partial charge >= 0.3 is 0 Å². The number of hydrogen-bond acceptors (Lipinski definition) is 2. The summed E-state index contributed by atoms with van der Waals surface area (Å²) < 4.78 is 0. The minimum Gasteiger partial charge on any atom is -0.370 e. The standard InChI is InChI=1S/C15H18N4.HI/c1-2-12-5-7-14(8-6-12)19-15(16)18-11-13-4-3-9-17-10-13;/h3-10H,2,11H2,1H3,(H3,16,18,19);1H. The van der Waals surface area contributed by atoms with E-state index in [2.05, 4.69) is 34.3 Å². The molecule has 3 N–H and O–H groups in total. The van der Waals surface area contributed by atoms with Gasteiger partial charge in [0.25, 0.3) is 0 Å². The first kappa shape index (κ1) is 16.4. The molecule has 0 aliphatic heterocycles.